The summed E-state index contributed by atoms with van der Waals surface area (Å²) < 4.78 is 26.4. The Morgan fingerprint density at radius 3 is 2.15 bits per heavy atom. The van der Waals surface area contributed by atoms with Crippen molar-refractivity contribution < 1.29 is 18.4 Å². The van der Waals surface area contributed by atoms with E-state index in [4.69, 9.17) is 5.73 Å². The first-order chi connectivity index (χ1) is 9.35. The molecule has 0 spiro atoms. The zero-order valence-electron chi connectivity index (χ0n) is 11.3. The fourth-order valence-electron chi connectivity index (χ4n) is 1.61. The molecule has 1 rings (SSSR count). The van der Waals surface area contributed by atoms with Crippen LogP contribution in [-0.2, 0) is 9.59 Å². The van der Waals surface area contributed by atoms with Crippen molar-refractivity contribution >= 4 is 23.2 Å². The molecule has 0 aliphatic heterocycles. The van der Waals surface area contributed by atoms with Gasteiger partial charge in [-0.2, -0.15) is 0 Å². The average Bonchev–Trinajstić information content (AvgIpc) is 2.35. The lowest BCUT2D eigenvalue weighted by Gasteiger charge is -2.15. The first-order valence-corrected chi connectivity index (χ1v) is 6.18. The monoisotopic (exact) mass is 285 g/mol. The van der Waals surface area contributed by atoms with Crippen LogP contribution in [0.4, 0.5) is 20.2 Å². The van der Waals surface area contributed by atoms with Crippen molar-refractivity contribution in [2.75, 3.05) is 10.6 Å². The number of nitrogens with one attached hydrogen (secondary N) is 2. The lowest BCUT2D eigenvalue weighted by molar-refractivity contribution is -0.117. The molecule has 5 nitrogen and oxygen atoms in total. The molecule has 0 radical (unpaired) electrons. The first kappa shape index (κ1) is 16.0. The number of amides is 2. The Morgan fingerprint density at radius 2 is 1.70 bits per heavy atom. The number of rotatable bonds is 5. The molecule has 0 saturated heterocycles. The Morgan fingerprint density at radius 1 is 1.20 bits per heavy atom. The fourth-order valence-corrected chi connectivity index (χ4v) is 1.61. The van der Waals surface area contributed by atoms with Gasteiger partial charge in [0.1, 0.15) is 0 Å². The summed E-state index contributed by atoms with van der Waals surface area (Å²) in [5.74, 6) is -3.24. The molecule has 1 atom stereocenters. The van der Waals surface area contributed by atoms with Crippen LogP contribution in [0.3, 0.4) is 0 Å². The Labute approximate surface area is 115 Å². The minimum absolute atomic E-state index is 0.0200. The van der Waals surface area contributed by atoms with Crippen molar-refractivity contribution in [3.8, 4) is 0 Å². The van der Waals surface area contributed by atoms with E-state index in [0.29, 0.717) is 12.8 Å². The molecule has 0 aliphatic carbocycles. The van der Waals surface area contributed by atoms with Crippen molar-refractivity contribution in [3.05, 3.63) is 23.8 Å². The van der Waals surface area contributed by atoms with Crippen molar-refractivity contribution in [2.24, 2.45) is 5.73 Å². The highest BCUT2D eigenvalue weighted by atomic mass is 19.2. The summed E-state index contributed by atoms with van der Waals surface area (Å²) in [6, 6.07) is 0.854. The maximum absolute atomic E-state index is 13.2. The summed E-state index contributed by atoms with van der Waals surface area (Å²) in [5, 5.41) is 4.70. The second kappa shape index (κ2) is 6.95. The highest BCUT2D eigenvalue weighted by Gasteiger charge is 2.17. The average molecular weight is 285 g/mol. The molecule has 7 heteroatoms. The molecule has 0 aromatic heterocycles. The number of carbonyl (C=O) groups excluding carboxylic acids is 2. The first-order valence-electron chi connectivity index (χ1n) is 6.18. The zero-order chi connectivity index (χ0) is 15.3. The van der Waals surface area contributed by atoms with Gasteiger partial charge in [0.05, 0.1) is 17.4 Å². The van der Waals surface area contributed by atoms with Crippen LogP contribution in [0, 0.1) is 11.6 Å². The quantitative estimate of drug-likeness (QED) is 0.773. The number of hydrogen-bond donors (Lipinski definition) is 3. The molecule has 1 aromatic rings. The Balaban J connectivity index is 3.00. The second-order valence-corrected chi connectivity index (χ2v) is 4.38. The summed E-state index contributed by atoms with van der Waals surface area (Å²) >= 11 is 0. The molecule has 0 saturated carbocycles. The molecule has 20 heavy (non-hydrogen) atoms. The predicted molar refractivity (Wildman–Crippen MR) is 72.2 cm³/mol. The number of anilines is 2. The molecule has 0 bridgehead atoms. The number of halogens is 2. The van der Waals surface area contributed by atoms with Crippen LogP contribution in [0.5, 0.6) is 0 Å². The lowest BCUT2D eigenvalue weighted by atomic mass is 10.1. The summed E-state index contributed by atoms with van der Waals surface area (Å²) in [5.41, 5.74) is 5.58. The van der Waals surface area contributed by atoms with Crippen molar-refractivity contribution in [1.29, 1.82) is 0 Å². The molecular formula is C13H17F2N3O2. The normalized spacial score (nSPS) is 11.8. The number of nitrogens with two attached hydrogens (primary N) is 1. The van der Waals surface area contributed by atoms with Gasteiger partial charge >= 0.3 is 0 Å². The minimum Gasteiger partial charge on any atom is -0.324 e. The maximum Gasteiger partial charge on any atom is 0.241 e. The van der Waals surface area contributed by atoms with E-state index >= 15 is 0 Å². The smallest absolute Gasteiger partial charge is 0.241 e. The van der Waals surface area contributed by atoms with Crippen LogP contribution in [0.15, 0.2) is 12.1 Å². The standard InChI is InChI=1S/C13H17F2N3O2/c1-3-4-10(16)13(20)18-12-6-9(15)8(14)5-11(12)17-7(2)19/h5-6,10H,3-4,16H2,1-2H3,(H,17,19)(H,18,20). The van der Waals surface area contributed by atoms with Gasteiger partial charge in [-0.05, 0) is 6.42 Å². The van der Waals surface area contributed by atoms with Gasteiger partial charge in [-0.3, -0.25) is 9.59 Å². The molecule has 2 amide bonds. The fraction of sp³-hybridized carbons (Fsp3) is 0.385. The van der Waals surface area contributed by atoms with Gasteiger partial charge in [-0.1, -0.05) is 13.3 Å². The maximum atomic E-state index is 13.2. The van der Waals surface area contributed by atoms with Crippen LogP contribution in [-0.4, -0.2) is 17.9 Å². The van der Waals surface area contributed by atoms with Gasteiger partial charge in [0.15, 0.2) is 11.6 Å². The third-order valence-corrected chi connectivity index (χ3v) is 2.57. The van der Waals surface area contributed by atoms with Gasteiger partial charge in [0.2, 0.25) is 11.8 Å². The van der Waals surface area contributed by atoms with E-state index in [1.807, 2.05) is 6.92 Å². The molecule has 0 aliphatic rings. The van der Waals surface area contributed by atoms with Crippen LogP contribution in [0.2, 0.25) is 0 Å². The van der Waals surface area contributed by atoms with E-state index in [9.17, 15) is 18.4 Å². The molecule has 1 unspecified atom stereocenters. The van der Waals surface area contributed by atoms with Crippen LogP contribution in [0.25, 0.3) is 0 Å². The predicted octanol–water partition coefficient (Wildman–Crippen LogP) is 1.99. The van der Waals surface area contributed by atoms with Gasteiger partial charge < -0.3 is 16.4 Å². The van der Waals surface area contributed by atoms with E-state index in [1.54, 1.807) is 0 Å². The number of carbonyl (C=O) groups is 2. The Kier molecular flexibility index (Phi) is 5.57. The molecule has 0 fully saturated rings. The summed E-state index contributed by atoms with van der Waals surface area (Å²) in [6.45, 7) is 3.09. The van der Waals surface area contributed by atoms with E-state index in [0.717, 1.165) is 12.1 Å². The van der Waals surface area contributed by atoms with E-state index in [-0.39, 0.29) is 11.4 Å². The Hall–Kier alpha value is -2.02. The third-order valence-electron chi connectivity index (χ3n) is 2.57. The van der Waals surface area contributed by atoms with Crippen LogP contribution >= 0.6 is 0 Å². The summed E-state index contributed by atoms with van der Waals surface area (Å²) in [4.78, 5) is 22.8. The van der Waals surface area contributed by atoms with Crippen molar-refractivity contribution in [1.82, 2.24) is 0 Å². The minimum atomic E-state index is -1.13. The van der Waals surface area contributed by atoms with Crippen LogP contribution in [0.1, 0.15) is 26.7 Å². The largest absolute Gasteiger partial charge is 0.324 e. The highest BCUT2D eigenvalue weighted by molar-refractivity contribution is 6.00. The van der Waals surface area contributed by atoms with E-state index < -0.39 is 29.5 Å². The zero-order valence-corrected chi connectivity index (χ0v) is 11.3. The second-order valence-electron chi connectivity index (χ2n) is 4.38. The van der Waals surface area contributed by atoms with Crippen molar-refractivity contribution in [2.45, 2.75) is 32.7 Å². The topological polar surface area (TPSA) is 84.2 Å². The molecule has 0 heterocycles. The molecule has 4 N–H and O–H groups in total. The van der Waals surface area contributed by atoms with Crippen molar-refractivity contribution in [3.63, 3.8) is 0 Å². The summed E-state index contributed by atoms with van der Waals surface area (Å²) in [6.07, 6.45) is 1.18. The van der Waals surface area contributed by atoms with Crippen LogP contribution < -0.4 is 16.4 Å². The third kappa shape index (κ3) is 4.27. The molecule has 110 valence electrons. The van der Waals surface area contributed by atoms with Gasteiger partial charge in [-0.15, -0.1) is 0 Å². The number of benzene rings is 1. The molecule has 1 aromatic carbocycles. The van der Waals surface area contributed by atoms with E-state index in [1.165, 1.54) is 6.92 Å². The highest BCUT2D eigenvalue weighted by Crippen LogP contribution is 2.25. The lowest BCUT2D eigenvalue weighted by Crippen LogP contribution is -2.35. The van der Waals surface area contributed by atoms with Gasteiger partial charge in [0, 0.05) is 19.1 Å². The Bertz CT molecular complexity index is 521. The number of hydrogen-bond acceptors (Lipinski definition) is 3. The summed E-state index contributed by atoms with van der Waals surface area (Å²) in [7, 11) is 0. The van der Waals surface area contributed by atoms with Gasteiger partial charge in [0.25, 0.3) is 0 Å². The SMILES string of the molecule is CCCC(N)C(=O)Nc1cc(F)c(F)cc1NC(C)=O. The van der Waals surface area contributed by atoms with E-state index in [2.05, 4.69) is 10.6 Å². The molecular weight excluding hydrogens is 268 g/mol. The van der Waals surface area contributed by atoms with Gasteiger partial charge in [-0.25, -0.2) is 8.78 Å².